The van der Waals surface area contributed by atoms with Crippen molar-refractivity contribution >= 4 is 29.1 Å². The summed E-state index contributed by atoms with van der Waals surface area (Å²) in [5.74, 6) is 0.822. The molecule has 1 amide bonds. The number of rotatable bonds is 6. The van der Waals surface area contributed by atoms with E-state index in [1.165, 1.54) is 5.56 Å². The van der Waals surface area contributed by atoms with Gasteiger partial charge in [-0.05, 0) is 30.2 Å². The van der Waals surface area contributed by atoms with Gasteiger partial charge in [0.1, 0.15) is 5.82 Å². The monoisotopic (exact) mass is 406 g/mol. The van der Waals surface area contributed by atoms with Crippen molar-refractivity contribution in [3.05, 3.63) is 71.2 Å². The van der Waals surface area contributed by atoms with Crippen molar-refractivity contribution in [3.8, 4) is 22.5 Å². The molecular formula is C21H19ClN6O. The molecule has 0 radical (unpaired) electrons. The number of amides is 1. The minimum atomic E-state index is -0.223. The number of anilines is 2. The highest BCUT2D eigenvalue weighted by atomic mass is 35.5. The Bertz CT molecular complexity index is 1110. The van der Waals surface area contributed by atoms with Gasteiger partial charge in [0, 0.05) is 17.2 Å². The van der Waals surface area contributed by atoms with Crippen molar-refractivity contribution in [3.63, 3.8) is 0 Å². The molecule has 0 bridgehead atoms. The van der Waals surface area contributed by atoms with Gasteiger partial charge >= 0.3 is 0 Å². The third kappa shape index (κ3) is 4.64. The van der Waals surface area contributed by atoms with E-state index in [4.69, 9.17) is 11.6 Å². The van der Waals surface area contributed by atoms with Crippen LogP contribution in [-0.2, 0) is 4.79 Å². The van der Waals surface area contributed by atoms with Crippen molar-refractivity contribution in [2.75, 3.05) is 17.2 Å². The first-order valence-electron chi connectivity index (χ1n) is 9.04. The molecule has 7 nitrogen and oxygen atoms in total. The molecule has 2 aromatic carbocycles. The first kappa shape index (κ1) is 18.8. The summed E-state index contributed by atoms with van der Waals surface area (Å²) in [5, 5.41) is 20.6. The van der Waals surface area contributed by atoms with E-state index in [9.17, 15) is 4.79 Å². The van der Waals surface area contributed by atoms with E-state index in [-0.39, 0.29) is 12.5 Å². The molecule has 0 spiro atoms. The zero-order valence-electron chi connectivity index (χ0n) is 15.7. The van der Waals surface area contributed by atoms with E-state index in [1.54, 1.807) is 18.2 Å². The van der Waals surface area contributed by atoms with E-state index in [2.05, 4.69) is 31.0 Å². The summed E-state index contributed by atoms with van der Waals surface area (Å²) in [6, 6.07) is 19.1. The van der Waals surface area contributed by atoms with E-state index < -0.39 is 0 Å². The molecule has 4 aromatic rings. The van der Waals surface area contributed by atoms with Gasteiger partial charge in [-0.2, -0.15) is 10.2 Å². The smallest absolute Gasteiger partial charge is 0.244 e. The Morgan fingerprint density at radius 1 is 0.897 bits per heavy atom. The summed E-state index contributed by atoms with van der Waals surface area (Å²) in [4.78, 5) is 12.2. The minimum Gasteiger partial charge on any atom is -0.360 e. The molecule has 0 unspecified atom stereocenters. The number of nitrogens with one attached hydrogen (secondary N) is 4. The maximum absolute atomic E-state index is 12.2. The van der Waals surface area contributed by atoms with E-state index >= 15 is 0 Å². The highest BCUT2D eigenvalue weighted by Gasteiger charge is 2.09. The SMILES string of the molecule is Cc1ccc(-c2cc(NCC(=O)Nc3cc(-c4ccc(Cl)cc4)[nH]n3)n[nH]2)cc1. The Labute approximate surface area is 172 Å². The van der Waals surface area contributed by atoms with Gasteiger partial charge in [-0.15, -0.1) is 0 Å². The molecule has 4 N–H and O–H groups in total. The van der Waals surface area contributed by atoms with Crippen LogP contribution in [0, 0.1) is 6.92 Å². The maximum atomic E-state index is 12.2. The molecule has 8 heteroatoms. The van der Waals surface area contributed by atoms with Crippen LogP contribution in [0.4, 0.5) is 11.6 Å². The fraction of sp³-hybridized carbons (Fsp3) is 0.0952. The lowest BCUT2D eigenvalue weighted by Crippen LogP contribution is -2.22. The van der Waals surface area contributed by atoms with Gasteiger partial charge in [0.25, 0.3) is 0 Å². The molecule has 0 saturated carbocycles. The Hall–Kier alpha value is -3.58. The molecule has 0 aliphatic carbocycles. The predicted octanol–water partition coefficient (Wildman–Crippen LogP) is 4.48. The average molecular weight is 407 g/mol. The summed E-state index contributed by atoms with van der Waals surface area (Å²) < 4.78 is 0. The van der Waals surface area contributed by atoms with Crippen molar-refractivity contribution < 1.29 is 4.79 Å². The largest absolute Gasteiger partial charge is 0.360 e. The maximum Gasteiger partial charge on any atom is 0.244 e. The standard InChI is InChI=1S/C21H19ClN6O/c1-13-2-4-14(5-3-13)17-10-19(27-25-17)23-12-21(29)24-20-11-18(26-28-20)15-6-8-16(22)9-7-15/h2-11H,12H2,1H3,(H2,23,25,27)(H2,24,26,28,29). The van der Waals surface area contributed by atoms with Crippen molar-refractivity contribution in [2.45, 2.75) is 6.92 Å². The van der Waals surface area contributed by atoms with Gasteiger partial charge in [-0.3, -0.25) is 15.0 Å². The lowest BCUT2D eigenvalue weighted by atomic mass is 10.1. The molecule has 0 aliphatic heterocycles. The van der Waals surface area contributed by atoms with E-state index in [0.29, 0.717) is 16.7 Å². The summed E-state index contributed by atoms with van der Waals surface area (Å²) in [5.41, 5.74) is 4.83. The van der Waals surface area contributed by atoms with Crippen LogP contribution in [0.1, 0.15) is 5.56 Å². The summed E-state index contributed by atoms with van der Waals surface area (Å²) in [6.45, 7) is 2.11. The van der Waals surface area contributed by atoms with Gasteiger partial charge in [0.05, 0.1) is 17.9 Å². The normalized spacial score (nSPS) is 10.7. The first-order chi connectivity index (χ1) is 14.1. The third-order valence-electron chi connectivity index (χ3n) is 4.37. The Morgan fingerprint density at radius 2 is 1.45 bits per heavy atom. The van der Waals surface area contributed by atoms with Gasteiger partial charge in [-0.25, -0.2) is 0 Å². The molecule has 0 atom stereocenters. The Balaban J connectivity index is 1.33. The van der Waals surface area contributed by atoms with Crippen LogP contribution in [0.3, 0.4) is 0 Å². The van der Waals surface area contributed by atoms with Gasteiger partial charge in [0.15, 0.2) is 5.82 Å². The van der Waals surface area contributed by atoms with Crippen LogP contribution in [0.2, 0.25) is 5.02 Å². The summed E-state index contributed by atoms with van der Waals surface area (Å²) in [7, 11) is 0. The molecule has 2 heterocycles. The van der Waals surface area contributed by atoms with E-state index in [1.807, 2.05) is 49.4 Å². The van der Waals surface area contributed by atoms with Crippen molar-refractivity contribution in [1.29, 1.82) is 0 Å². The molecule has 4 rings (SSSR count). The molecule has 0 saturated heterocycles. The van der Waals surface area contributed by atoms with Crippen LogP contribution >= 0.6 is 11.6 Å². The van der Waals surface area contributed by atoms with Crippen LogP contribution < -0.4 is 10.6 Å². The molecular weight excluding hydrogens is 388 g/mol. The molecule has 0 aliphatic rings. The lowest BCUT2D eigenvalue weighted by molar-refractivity contribution is -0.114. The summed E-state index contributed by atoms with van der Waals surface area (Å²) >= 11 is 5.90. The number of hydrogen-bond acceptors (Lipinski definition) is 4. The summed E-state index contributed by atoms with van der Waals surface area (Å²) in [6.07, 6.45) is 0. The number of hydrogen-bond donors (Lipinski definition) is 4. The van der Waals surface area contributed by atoms with Crippen molar-refractivity contribution in [1.82, 2.24) is 20.4 Å². The fourth-order valence-corrected chi connectivity index (χ4v) is 2.94. The highest BCUT2D eigenvalue weighted by molar-refractivity contribution is 6.30. The zero-order chi connectivity index (χ0) is 20.2. The second-order valence-electron chi connectivity index (χ2n) is 6.61. The van der Waals surface area contributed by atoms with Crippen LogP contribution in [0.25, 0.3) is 22.5 Å². The van der Waals surface area contributed by atoms with Crippen molar-refractivity contribution in [2.24, 2.45) is 0 Å². The fourth-order valence-electron chi connectivity index (χ4n) is 2.81. The lowest BCUT2D eigenvalue weighted by Gasteiger charge is -2.02. The third-order valence-corrected chi connectivity index (χ3v) is 4.62. The Morgan fingerprint density at radius 3 is 2.10 bits per heavy atom. The van der Waals surface area contributed by atoms with E-state index in [0.717, 1.165) is 22.5 Å². The number of aryl methyl sites for hydroxylation is 1. The van der Waals surface area contributed by atoms with Crippen LogP contribution in [0.15, 0.2) is 60.7 Å². The second kappa shape index (κ2) is 8.20. The van der Waals surface area contributed by atoms with Gasteiger partial charge < -0.3 is 10.6 Å². The minimum absolute atomic E-state index is 0.0708. The van der Waals surface area contributed by atoms with Crippen LogP contribution in [0.5, 0.6) is 0 Å². The molecule has 2 aromatic heterocycles. The zero-order valence-corrected chi connectivity index (χ0v) is 16.4. The number of halogens is 1. The number of carbonyl (C=O) groups excluding carboxylic acids is 1. The number of carbonyl (C=O) groups is 1. The number of aromatic nitrogens is 4. The predicted molar refractivity (Wildman–Crippen MR) is 115 cm³/mol. The number of H-pyrrole nitrogens is 2. The quantitative estimate of drug-likeness (QED) is 0.379. The van der Waals surface area contributed by atoms with Gasteiger partial charge in [-0.1, -0.05) is 53.6 Å². The number of aromatic amines is 2. The van der Waals surface area contributed by atoms with Gasteiger partial charge in [0.2, 0.25) is 5.91 Å². The van der Waals surface area contributed by atoms with Crippen LogP contribution in [-0.4, -0.2) is 32.8 Å². The number of benzene rings is 2. The first-order valence-corrected chi connectivity index (χ1v) is 9.42. The second-order valence-corrected chi connectivity index (χ2v) is 7.04. The number of nitrogens with zero attached hydrogens (tertiary/aromatic N) is 2. The molecule has 0 fully saturated rings. The topological polar surface area (TPSA) is 98.5 Å². The average Bonchev–Trinajstić information content (AvgIpc) is 3.37. The Kier molecular flexibility index (Phi) is 5.31. The molecule has 146 valence electrons. The highest BCUT2D eigenvalue weighted by Crippen LogP contribution is 2.22. The molecule has 29 heavy (non-hydrogen) atoms.